The van der Waals surface area contributed by atoms with Gasteiger partial charge in [0.25, 0.3) is 5.91 Å². The molecule has 1 saturated carbocycles. The summed E-state index contributed by atoms with van der Waals surface area (Å²) < 4.78 is 0. The van der Waals surface area contributed by atoms with E-state index in [0.29, 0.717) is 35.8 Å². The first kappa shape index (κ1) is 14.7. The molecule has 1 amide bonds. The summed E-state index contributed by atoms with van der Waals surface area (Å²) in [5, 5.41) is 11.1. The van der Waals surface area contributed by atoms with E-state index in [0.717, 1.165) is 25.7 Å². The summed E-state index contributed by atoms with van der Waals surface area (Å²) in [5.74, 6) is 0.0541. The van der Waals surface area contributed by atoms with Crippen LogP contribution in [0.4, 0.5) is 5.69 Å². The number of rotatable bonds is 1. The number of hydrogen-bond acceptors (Lipinski definition) is 3. The molecule has 1 aromatic carbocycles. The van der Waals surface area contributed by atoms with E-state index in [1.165, 1.54) is 0 Å². The second-order valence-corrected chi connectivity index (χ2v) is 6.66. The van der Waals surface area contributed by atoms with Gasteiger partial charge in [-0.2, -0.15) is 0 Å². The lowest BCUT2D eigenvalue weighted by Crippen LogP contribution is -2.54. The average molecular weight is 309 g/mol. The van der Waals surface area contributed by atoms with Gasteiger partial charge in [-0.25, -0.2) is 0 Å². The van der Waals surface area contributed by atoms with Crippen molar-refractivity contribution in [3.05, 3.63) is 28.8 Å². The third-order valence-electron chi connectivity index (χ3n) is 4.97. The normalized spacial score (nSPS) is 29.0. The van der Waals surface area contributed by atoms with E-state index in [2.05, 4.69) is 0 Å². The van der Waals surface area contributed by atoms with E-state index in [4.69, 9.17) is 17.3 Å². The number of nitrogen functional groups attached to an aromatic ring is 1. The first-order valence-electron chi connectivity index (χ1n) is 7.57. The van der Waals surface area contributed by atoms with Crippen molar-refractivity contribution in [1.82, 2.24) is 4.90 Å². The Bertz CT molecular complexity index is 543. The molecule has 2 unspecified atom stereocenters. The number of aliphatic hydroxyl groups is 1. The summed E-state index contributed by atoms with van der Waals surface area (Å²) in [5.41, 5.74) is 6.13. The molecule has 1 heterocycles. The largest absolute Gasteiger partial charge is 0.398 e. The second kappa shape index (κ2) is 5.50. The summed E-state index contributed by atoms with van der Waals surface area (Å²) in [6, 6.07) is 5.12. The fourth-order valence-corrected chi connectivity index (χ4v) is 3.94. The van der Waals surface area contributed by atoms with Crippen LogP contribution in [0.3, 0.4) is 0 Å². The van der Waals surface area contributed by atoms with Crippen LogP contribution in [0.5, 0.6) is 0 Å². The van der Waals surface area contributed by atoms with Crippen molar-refractivity contribution in [2.45, 2.75) is 37.7 Å². The molecule has 21 heavy (non-hydrogen) atoms. The Morgan fingerprint density at radius 1 is 1.38 bits per heavy atom. The van der Waals surface area contributed by atoms with Crippen LogP contribution in [0.1, 0.15) is 42.5 Å². The lowest BCUT2D eigenvalue weighted by atomic mass is 9.71. The van der Waals surface area contributed by atoms with Crippen molar-refractivity contribution in [1.29, 1.82) is 0 Å². The molecule has 2 atom stereocenters. The highest BCUT2D eigenvalue weighted by molar-refractivity contribution is 6.34. The summed E-state index contributed by atoms with van der Waals surface area (Å²) in [6.07, 6.45) is 4.70. The molecule has 4 nitrogen and oxygen atoms in total. The van der Waals surface area contributed by atoms with Crippen LogP contribution in [-0.4, -0.2) is 34.6 Å². The van der Waals surface area contributed by atoms with Crippen LogP contribution < -0.4 is 5.73 Å². The molecule has 0 bridgehead atoms. The molecule has 0 radical (unpaired) electrons. The van der Waals surface area contributed by atoms with Crippen molar-refractivity contribution in [2.24, 2.45) is 5.92 Å². The lowest BCUT2D eigenvalue weighted by Gasteiger charge is -2.47. The third-order valence-corrected chi connectivity index (χ3v) is 5.29. The molecule has 1 aromatic rings. The van der Waals surface area contributed by atoms with Gasteiger partial charge in [0.05, 0.1) is 16.2 Å². The smallest absolute Gasteiger partial charge is 0.257 e. The highest BCUT2D eigenvalue weighted by atomic mass is 35.5. The fourth-order valence-electron chi connectivity index (χ4n) is 3.68. The number of anilines is 1. The van der Waals surface area contributed by atoms with E-state index in [9.17, 15) is 9.90 Å². The molecule has 0 spiro atoms. The van der Waals surface area contributed by atoms with Crippen molar-refractivity contribution in [2.75, 3.05) is 18.8 Å². The van der Waals surface area contributed by atoms with Gasteiger partial charge in [-0.3, -0.25) is 4.79 Å². The van der Waals surface area contributed by atoms with Crippen molar-refractivity contribution in [3.8, 4) is 0 Å². The van der Waals surface area contributed by atoms with Crippen LogP contribution in [-0.2, 0) is 0 Å². The molecular weight excluding hydrogens is 288 g/mol. The Kier molecular flexibility index (Phi) is 3.84. The third kappa shape index (κ3) is 2.62. The number of hydrogen-bond donors (Lipinski definition) is 2. The molecule has 3 rings (SSSR count). The highest BCUT2D eigenvalue weighted by Gasteiger charge is 2.44. The highest BCUT2D eigenvalue weighted by Crippen LogP contribution is 2.40. The molecule has 0 aromatic heterocycles. The topological polar surface area (TPSA) is 66.6 Å². The standard InChI is InChI=1S/C16H21ClN2O2/c17-12-5-3-6-13(18)14(12)15(20)19-9-8-16(21)7-2-1-4-11(16)10-19/h3,5-6,11,21H,1-2,4,7-10,18H2. The van der Waals surface area contributed by atoms with Crippen LogP contribution in [0, 0.1) is 5.92 Å². The maximum atomic E-state index is 12.7. The minimum absolute atomic E-state index is 0.120. The van der Waals surface area contributed by atoms with Crippen molar-refractivity contribution >= 4 is 23.2 Å². The van der Waals surface area contributed by atoms with Crippen LogP contribution in [0.25, 0.3) is 0 Å². The average Bonchev–Trinajstić information content (AvgIpc) is 2.46. The number of nitrogens with zero attached hydrogens (tertiary/aromatic N) is 1. The van der Waals surface area contributed by atoms with Gasteiger partial charge in [-0.1, -0.05) is 30.5 Å². The first-order chi connectivity index (χ1) is 10.0. The lowest BCUT2D eigenvalue weighted by molar-refractivity contribution is -0.0885. The van der Waals surface area contributed by atoms with E-state index in [1.54, 1.807) is 23.1 Å². The first-order valence-corrected chi connectivity index (χ1v) is 7.95. The van der Waals surface area contributed by atoms with Crippen LogP contribution in [0.15, 0.2) is 18.2 Å². The minimum atomic E-state index is -0.582. The van der Waals surface area contributed by atoms with Gasteiger partial charge < -0.3 is 15.7 Å². The van der Waals surface area contributed by atoms with Crippen LogP contribution >= 0.6 is 11.6 Å². The minimum Gasteiger partial charge on any atom is -0.398 e. The van der Waals surface area contributed by atoms with Crippen molar-refractivity contribution in [3.63, 3.8) is 0 Å². The van der Waals surface area contributed by atoms with Gasteiger partial charge in [0.1, 0.15) is 0 Å². The van der Waals surface area contributed by atoms with E-state index < -0.39 is 5.60 Å². The van der Waals surface area contributed by atoms with Crippen molar-refractivity contribution < 1.29 is 9.90 Å². The van der Waals surface area contributed by atoms with Gasteiger partial charge in [0.15, 0.2) is 0 Å². The predicted octanol–water partition coefficient (Wildman–Crippen LogP) is 2.69. The number of benzene rings is 1. The summed E-state index contributed by atoms with van der Waals surface area (Å²) >= 11 is 6.13. The Labute approximate surface area is 129 Å². The van der Waals surface area contributed by atoms with Gasteiger partial charge in [0, 0.05) is 24.7 Å². The fraction of sp³-hybridized carbons (Fsp3) is 0.562. The summed E-state index contributed by atoms with van der Waals surface area (Å²) in [6.45, 7) is 1.16. The number of amides is 1. The van der Waals surface area contributed by atoms with Gasteiger partial charge >= 0.3 is 0 Å². The Morgan fingerprint density at radius 2 is 2.19 bits per heavy atom. The zero-order valence-electron chi connectivity index (χ0n) is 12.0. The summed E-state index contributed by atoms with van der Waals surface area (Å²) in [7, 11) is 0. The molecule has 2 fully saturated rings. The second-order valence-electron chi connectivity index (χ2n) is 6.25. The van der Waals surface area contributed by atoms with E-state index in [-0.39, 0.29) is 11.8 Å². The number of likely N-dealkylation sites (tertiary alicyclic amines) is 1. The maximum absolute atomic E-state index is 12.7. The SMILES string of the molecule is Nc1cccc(Cl)c1C(=O)N1CCC2(O)CCCCC2C1. The Morgan fingerprint density at radius 3 is 2.95 bits per heavy atom. The number of carbonyl (C=O) groups excluding carboxylic acids is 1. The Hall–Kier alpha value is -1.26. The maximum Gasteiger partial charge on any atom is 0.257 e. The van der Waals surface area contributed by atoms with E-state index in [1.807, 2.05) is 0 Å². The molecule has 3 N–H and O–H groups in total. The zero-order valence-corrected chi connectivity index (χ0v) is 12.8. The van der Waals surface area contributed by atoms with Crippen LogP contribution in [0.2, 0.25) is 5.02 Å². The molecular formula is C16H21ClN2O2. The molecule has 2 aliphatic rings. The molecule has 1 saturated heterocycles. The quantitative estimate of drug-likeness (QED) is 0.784. The Balaban J connectivity index is 1.81. The molecule has 1 aliphatic carbocycles. The molecule has 5 heteroatoms. The predicted molar refractivity (Wildman–Crippen MR) is 83.3 cm³/mol. The molecule has 1 aliphatic heterocycles. The van der Waals surface area contributed by atoms with Gasteiger partial charge in [-0.15, -0.1) is 0 Å². The number of halogens is 1. The zero-order chi connectivity index (χ0) is 15.0. The van der Waals surface area contributed by atoms with Gasteiger partial charge in [-0.05, 0) is 31.4 Å². The molecule has 114 valence electrons. The monoisotopic (exact) mass is 308 g/mol. The summed E-state index contributed by atoms with van der Waals surface area (Å²) in [4.78, 5) is 14.5. The van der Waals surface area contributed by atoms with Gasteiger partial charge in [0.2, 0.25) is 0 Å². The number of nitrogens with two attached hydrogens (primary N) is 1. The van der Waals surface area contributed by atoms with E-state index >= 15 is 0 Å². The number of fused-ring (bicyclic) bond motifs is 1. The number of carbonyl (C=O) groups is 1. The number of piperidine rings is 1.